The lowest BCUT2D eigenvalue weighted by atomic mass is 10.1. The third-order valence-electron chi connectivity index (χ3n) is 5.01. The highest BCUT2D eigenvalue weighted by Crippen LogP contribution is 2.32. The van der Waals surface area contributed by atoms with Crippen LogP contribution in [0.1, 0.15) is 31.7 Å². The van der Waals surface area contributed by atoms with Gasteiger partial charge in [0.15, 0.2) is 5.84 Å². The summed E-state index contributed by atoms with van der Waals surface area (Å²) in [7, 11) is 0. The van der Waals surface area contributed by atoms with E-state index in [0.29, 0.717) is 28.9 Å². The summed E-state index contributed by atoms with van der Waals surface area (Å²) in [6, 6.07) is 17.9. The van der Waals surface area contributed by atoms with E-state index in [1.54, 1.807) is 6.20 Å². The van der Waals surface area contributed by atoms with Gasteiger partial charge in [-0.15, -0.1) is 0 Å². The molecule has 0 bridgehead atoms. The molecule has 0 radical (unpaired) electrons. The molecule has 0 unspecified atom stereocenters. The van der Waals surface area contributed by atoms with Gasteiger partial charge in [0.2, 0.25) is 5.88 Å². The maximum absolute atomic E-state index is 9.80. The highest BCUT2D eigenvalue weighted by Gasteiger charge is 2.27. The molecule has 3 aromatic rings. The van der Waals surface area contributed by atoms with Crippen molar-refractivity contribution in [2.75, 3.05) is 13.1 Å². The Bertz CT molecular complexity index is 982. The van der Waals surface area contributed by atoms with E-state index >= 15 is 0 Å². The molecule has 5 nitrogen and oxygen atoms in total. The van der Waals surface area contributed by atoms with Crippen LogP contribution in [0.4, 0.5) is 0 Å². The van der Waals surface area contributed by atoms with Crippen molar-refractivity contribution in [1.82, 2.24) is 9.88 Å². The van der Waals surface area contributed by atoms with Gasteiger partial charge in [0.25, 0.3) is 0 Å². The first-order valence-electron chi connectivity index (χ1n) is 9.87. The second-order valence-corrected chi connectivity index (χ2v) is 7.28. The molecule has 1 aliphatic carbocycles. The lowest BCUT2D eigenvalue weighted by Gasteiger charge is -2.25. The normalized spacial score (nSPS) is 14.2. The zero-order valence-electron chi connectivity index (χ0n) is 16.1. The van der Waals surface area contributed by atoms with Gasteiger partial charge in [-0.25, -0.2) is 4.98 Å². The van der Waals surface area contributed by atoms with Crippen molar-refractivity contribution in [1.29, 1.82) is 0 Å². The molecule has 2 aromatic carbocycles. The maximum atomic E-state index is 9.80. The molecule has 5 heteroatoms. The largest absolute Gasteiger partial charge is 0.438 e. The van der Waals surface area contributed by atoms with Crippen molar-refractivity contribution < 1.29 is 9.94 Å². The van der Waals surface area contributed by atoms with Crippen LogP contribution in [0.15, 0.2) is 65.9 Å². The Morgan fingerprint density at radius 1 is 1.14 bits per heavy atom. The summed E-state index contributed by atoms with van der Waals surface area (Å²) >= 11 is 0. The molecule has 144 valence electrons. The molecular weight excluding hydrogens is 350 g/mol. The number of hydrogen-bond donors (Lipinski definition) is 1. The number of benzene rings is 2. The van der Waals surface area contributed by atoms with Gasteiger partial charge in [0.05, 0.1) is 5.56 Å². The summed E-state index contributed by atoms with van der Waals surface area (Å²) in [5.74, 6) is 2.37. The second-order valence-electron chi connectivity index (χ2n) is 7.28. The second kappa shape index (κ2) is 8.30. The van der Waals surface area contributed by atoms with Crippen molar-refractivity contribution in [2.24, 2.45) is 11.1 Å². The molecule has 4 rings (SSSR count). The van der Waals surface area contributed by atoms with Crippen molar-refractivity contribution in [3.63, 3.8) is 0 Å². The summed E-state index contributed by atoms with van der Waals surface area (Å²) in [5, 5.41) is 15.7. The van der Waals surface area contributed by atoms with Gasteiger partial charge in [-0.3, -0.25) is 0 Å². The summed E-state index contributed by atoms with van der Waals surface area (Å²) < 4.78 is 6.12. The minimum Gasteiger partial charge on any atom is -0.438 e. The minimum absolute atomic E-state index is 0.447. The molecule has 1 saturated carbocycles. The first kappa shape index (κ1) is 18.3. The van der Waals surface area contributed by atoms with Gasteiger partial charge in [-0.1, -0.05) is 42.4 Å². The Labute approximate surface area is 165 Å². The maximum Gasteiger partial charge on any atom is 0.230 e. The van der Waals surface area contributed by atoms with Crippen LogP contribution in [0, 0.1) is 5.92 Å². The first-order chi connectivity index (χ1) is 13.8. The zero-order valence-corrected chi connectivity index (χ0v) is 16.1. The van der Waals surface area contributed by atoms with Crippen molar-refractivity contribution in [3.05, 3.63) is 66.4 Å². The summed E-state index contributed by atoms with van der Waals surface area (Å²) in [5.41, 5.74) is 0.701. The molecule has 0 amide bonds. The predicted octanol–water partition coefficient (Wildman–Crippen LogP) is 5.28. The zero-order chi connectivity index (χ0) is 19.3. The van der Waals surface area contributed by atoms with E-state index in [-0.39, 0.29) is 0 Å². The van der Waals surface area contributed by atoms with Crippen LogP contribution in [-0.2, 0) is 0 Å². The Kier molecular flexibility index (Phi) is 5.42. The molecule has 1 N–H and O–H groups in total. The van der Waals surface area contributed by atoms with Crippen molar-refractivity contribution >= 4 is 16.6 Å². The summed E-state index contributed by atoms with van der Waals surface area (Å²) in [4.78, 5) is 6.56. The number of pyridine rings is 1. The fourth-order valence-electron chi connectivity index (χ4n) is 3.44. The van der Waals surface area contributed by atoms with Gasteiger partial charge in [-0.2, -0.15) is 0 Å². The number of fused-ring (bicyclic) bond motifs is 1. The number of ether oxygens (including phenoxy) is 1. The molecule has 0 aliphatic heterocycles. The quantitative estimate of drug-likeness (QED) is 0.264. The van der Waals surface area contributed by atoms with Gasteiger partial charge < -0.3 is 14.8 Å². The predicted molar refractivity (Wildman–Crippen MR) is 111 cm³/mol. The van der Waals surface area contributed by atoms with Crippen LogP contribution in [0.3, 0.4) is 0 Å². The lowest BCUT2D eigenvalue weighted by molar-refractivity contribution is 0.297. The third kappa shape index (κ3) is 4.09. The Balaban J connectivity index is 1.64. The highest BCUT2D eigenvalue weighted by molar-refractivity contribution is 6.00. The van der Waals surface area contributed by atoms with Crippen LogP contribution in [0.5, 0.6) is 11.6 Å². The van der Waals surface area contributed by atoms with Gasteiger partial charge in [-0.05, 0) is 60.2 Å². The van der Waals surface area contributed by atoms with Crippen LogP contribution in [-0.4, -0.2) is 34.0 Å². The molecular formula is C23H25N3O2. The summed E-state index contributed by atoms with van der Waals surface area (Å²) in [6.07, 6.45) is 5.16. The average molecular weight is 375 g/mol. The molecule has 1 aliphatic rings. The number of hydrogen-bond acceptors (Lipinski definition) is 4. The average Bonchev–Trinajstić information content (AvgIpc) is 3.54. The molecule has 1 aromatic heterocycles. The van der Waals surface area contributed by atoms with Crippen LogP contribution >= 0.6 is 0 Å². The number of aromatic nitrogens is 1. The molecule has 1 heterocycles. The fraction of sp³-hybridized carbons (Fsp3) is 0.304. The van der Waals surface area contributed by atoms with Crippen LogP contribution in [0.2, 0.25) is 0 Å². The van der Waals surface area contributed by atoms with E-state index in [9.17, 15) is 5.21 Å². The molecule has 1 fully saturated rings. The number of oxime groups is 1. The first-order valence-corrected chi connectivity index (χ1v) is 9.87. The monoisotopic (exact) mass is 375 g/mol. The number of amidine groups is 1. The Morgan fingerprint density at radius 3 is 2.71 bits per heavy atom. The van der Waals surface area contributed by atoms with Crippen LogP contribution in [0.25, 0.3) is 10.8 Å². The topological polar surface area (TPSA) is 58.0 Å². The van der Waals surface area contributed by atoms with Crippen LogP contribution < -0.4 is 4.74 Å². The standard InChI is InChI=1S/C23H25N3O2/c1-2-14-26(16-17-9-10-17)22(25-27)21-8-5-13-24-23(21)28-20-12-11-18-6-3-4-7-19(18)15-20/h3-8,11-13,15,17,27H,2,9-10,14,16H2,1H3/b25-22-. The Morgan fingerprint density at radius 2 is 1.96 bits per heavy atom. The van der Waals surface area contributed by atoms with E-state index in [0.717, 1.165) is 30.3 Å². The lowest BCUT2D eigenvalue weighted by Crippen LogP contribution is -2.34. The van der Waals surface area contributed by atoms with Crippen molar-refractivity contribution in [3.8, 4) is 11.6 Å². The molecule has 0 atom stereocenters. The fourth-order valence-corrected chi connectivity index (χ4v) is 3.44. The minimum atomic E-state index is 0.447. The van der Waals surface area contributed by atoms with E-state index in [4.69, 9.17) is 4.74 Å². The van der Waals surface area contributed by atoms with Gasteiger partial charge in [0, 0.05) is 19.3 Å². The molecule has 28 heavy (non-hydrogen) atoms. The third-order valence-corrected chi connectivity index (χ3v) is 5.01. The van der Waals surface area contributed by atoms with E-state index < -0.39 is 0 Å². The number of rotatable bonds is 7. The molecule has 0 saturated heterocycles. The van der Waals surface area contributed by atoms with Crippen molar-refractivity contribution in [2.45, 2.75) is 26.2 Å². The van der Waals surface area contributed by atoms with E-state index in [1.807, 2.05) is 42.5 Å². The van der Waals surface area contributed by atoms with E-state index in [1.165, 1.54) is 12.8 Å². The van der Waals surface area contributed by atoms with Gasteiger partial charge >= 0.3 is 0 Å². The van der Waals surface area contributed by atoms with Gasteiger partial charge in [0.1, 0.15) is 5.75 Å². The van der Waals surface area contributed by atoms with E-state index in [2.05, 4.69) is 34.1 Å². The highest BCUT2D eigenvalue weighted by atomic mass is 16.5. The SMILES string of the molecule is CCCN(CC1CC1)/C(=N\O)c1cccnc1Oc1ccc2ccccc2c1. The Hall–Kier alpha value is -3.08. The summed E-state index contributed by atoms with van der Waals surface area (Å²) in [6.45, 7) is 3.86. The molecule has 0 spiro atoms. The smallest absolute Gasteiger partial charge is 0.230 e. The number of nitrogens with zero attached hydrogens (tertiary/aromatic N) is 3.